The molecule has 3 N–H and O–H groups in total. The van der Waals surface area contributed by atoms with Crippen molar-refractivity contribution in [3.05, 3.63) is 48.5 Å². The predicted octanol–water partition coefficient (Wildman–Crippen LogP) is 3.71. The molecule has 1 unspecified atom stereocenters. The van der Waals surface area contributed by atoms with Crippen LogP contribution in [0.4, 0.5) is 16.2 Å². The molecule has 182 valence electrons. The number of ether oxygens (including phenoxy) is 1. The van der Waals surface area contributed by atoms with E-state index in [0.29, 0.717) is 6.42 Å². The van der Waals surface area contributed by atoms with Gasteiger partial charge in [0, 0.05) is 13.3 Å². The molecule has 0 aliphatic carbocycles. The lowest BCUT2D eigenvalue weighted by Gasteiger charge is -2.17. The minimum atomic E-state index is -3.88. The maximum atomic E-state index is 13.1. The van der Waals surface area contributed by atoms with E-state index in [4.69, 9.17) is 4.74 Å². The Morgan fingerprint density at radius 1 is 0.971 bits per heavy atom. The van der Waals surface area contributed by atoms with Crippen molar-refractivity contribution >= 4 is 45.1 Å². The average molecular weight is 489 g/mol. The van der Waals surface area contributed by atoms with Crippen LogP contribution in [0.25, 0.3) is 0 Å². The van der Waals surface area contributed by atoms with Crippen molar-refractivity contribution in [1.29, 1.82) is 0 Å². The highest BCUT2D eigenvalue weighted by Gasteiger charge is 2.21. The second kappa shape index (κ2) is 11.9. The molecule has 0 aliphatic rings. The fourth-order valence-electron chi connectivity index (χ4n) is 2.64. The molecule has 3 amide bonds. The highest BCUT2D eigenvalue weighted by Crippen LogP contribution is 2.29. The Hall–Kier alpha value is -3.73. The van der Waals surface area contributed by atoms with Crippen molar-refractivity contribution in [2.75, 3.05) is 10.6 Å². The number of sulfone groups is 1. The number of carbonyl (C=O) groups excluding carboxylic acids is 3. The Labute approximate surface area is 198 Å². The molecule has 34 heavy (non-hydrogen) atoms. The average Bonchev–Trinajstić information content (AvgIpc) is 2.79. The molecule has 0 bridgehead atoms. The van der Waals surface area contributed by atoms with Gasteiger partial charge in [-0.25, -0.2) is 13.2 Å². The highest BCUT2D eigenvalue weighted by atomic mass is 32.2. The van der Waals surface area contributed by atoms with Crippen LogP contribution in [0.5, 0.6) is 0 Å². The maximum Gasteiger partial charge on any atom is 0.414 e. The molecule has 0 saturated heterocycles. The van der Waals surface area contributed by atoms with E-state index >= 15 is 0 Å². The van der Waals surface area contributed by atoms with E-state index in [1.165, 1.54) is 37.3 Å². The smallest absolute Gasteiger partial charge is 0.414 e. The molecule has 0 saturated carbocycles. The lowest BCUT2D eigenvalue weighted by molar-refractivity contribution is -0.117. The van der Waals surface area contributed by atoms with Crippen molar-refractivity contribution in [2.45, 2.75) is 56.4 Å². The van der Waals surface area contributed by atoms with Crippen LogP contribution in [0.15, 0.2) is 63.3 Å². The first-order valence-corrected chi connectivity index (χ1v) is 12.1. The lowest BCUT2D eigenvalue weighted by atomic mass is 10.2. The Bertz CT molecular complexity index is 1180. The standard InChI is InChI=1S/C23H28N4O6S/c1-5-15(3)33-23(30)27-22(26-21(29)6-2)25-20-14-18(12-13-19(20)24-16(4)28)34(31,32)17-10-8-7-9-11-17/h7-15H,5-6H2,1-4H3,(H,24,28)(H2,25,26,27,29,30). The molecule has 0 aliphatic heterocycles. The zero-order valence-corrected chi connectivity index (χ0v) is 20.2. The van der Waals surface area contributed by atoms with E-state index in [2.05, 4.69) is 20.9 Å². The second-order valence-corrected chi connectivity index (χ2v) is 9.24. The van der Waals surface area contributed by atoms with Gasteiger partial charge >= 0.3 is 6.09 Å². The zero-order chi connectivity index (χ0) is 25.3. The summed E-state index contributed by atoms with van der Waals surface area (Å²) in [6, 6.07) is 11.8. The number of nitrogens with zero attached hydrogens (tertiary/aromatic N) is 1. The SMILES string of the molecule is CCC(=O)N=C(NC(=O)OC(C)CC)Nc1cc(S(=O)(=O)c2ccccc2)ccc1NC(C)=O. The molecule has 11 heteroatoms. The molecular weight excluding hydrogens is 460 g/mol. The van der Waals surface area contributed by atoms with Gasteiger partial charge in [-0.3, -0.25) is 14.9 Å². The minimum absolute atomic E-state index is 0.0637. The van der Waals surface area contributed by atoms with Gasteiger partial charge in [-0.1, -0.05) is 32.0 Å². The van der Waals surface area contributed by atoms with Crippen molar-refractivity contribution in [2.24, 2.45) is 4.99 Å². The van der Waals surface area contributed by atoms with Crippen LogP contribution in [0.2, 0.25) is 0 Å². The molecule has 2 aromatic rings. The van der Waals surface area contributed by atoms with Crippen molar-refractivity contribution in [3.8, 4) is 0 Å². The third-order valence-electron chi connectivity index (χ3n) is 4.56. The summed E-state index contributed by atoms with van der Waals surface area (Å²) in [7, 11) is -3.88. The van der Waals surface area contributed by atoms with Crippen molar-refractivity contribution in [1.82, 2.24) is 5.32 Å². The third kappa shape index (κ3) is 7.41. The van der Waals surface area contributed by atoms with Gasteiger partial charge in [0.1, 0.15) is 6.10 Å². The lowest BCUT2D eigenvalue weighted by Crippen LogP contribution is -2.38. The Balaban J connectivity index is 2.50. The van der Waals surface area contributed by atoms with E-state index in [-0.39, 0.29) is 39.7 Å². The quantitative estimate of drug-likeness (QED) is 0.398. The largest absolute Gasteiger partial charge is 0.446 e. The number of anilines is 2. The number of rotatable bonds is 7. The highest BCUT2D eigenvalue weighted by molar-refractivity contribution is 7.91. The van der Waals surface area contributed by atoms with E-state index in [9.17, 15) is 22.8 Å². The van der Waals surface area contributed by atoms with E-state index in [1.54, 1.807) is 32.0 Å². The normalized spacial score (nSPS) is 12.4. The van der Waals surface area contributed by atoms with Gasteiger partial charge in [-0.15, -0.1) is 0 Å². The first-order valence-electron chi connectivity index (χ1n) is 10.6. The van der Waals surface area contributed by atoms with E-state index < -0.39 is 27.7 Å². The van der Waals surface area contributed by atoms with Crippen LogP contribution in [-0.2, 0) is 24.2 Å². The number of carbonyl (C=O) groups is 3. The van der Waals surface area contributed by atoms with Gasteiger partial charge < -0.3 is 15.4 Å². The fraction of sp³-hybridized carbons (Fsp3) is 0.304. The van der Waals surface area contributed by atoms with Gasteiger partial charge in [0.2, 0.25) is 27.6 Å². The summed E-state index contributed by atoms with van der Waals surface area (Å²) < 4.78 is 31.3. The summed E-state index contributed by atoms with van der Waals surface area (Å²) in [5.41, 5.74) is 0.312. The van der Waals surface area contributed by atoms with Crippen LogP contribution in [0.3, 0.4) is 0 Å². The van der Waals surface area contributed by atoms with E-state index in [0.717, 1.165) is 0 Å². The van der Waals surface area contributed by atoms with Gasteiger partial charge in [0.15, 0.2) is 0 Å². The topological polar surface area (TPSA) is 143 Å². The monoisotopic (exact) mass is 488 g/mol. The number of aliphatic imine (C=N–C) groups is 1. The number of guanidine groups is 1. The Morgan fingerprint density at radius 3 is 2.24 bits per heavy atom. The van der Waals surface area contributed by atoms with Crippen LogP contribution in [-0.4, -0.2) is 38.4 Å². The summed E-state index contributed by atoms with van der Waals surface area (Å²) in [6.07, 6.45) is -0.585. The predicted molar refractivity (Wildman–Crippen MR) is 128 cm³/mol. The summed E-state index contributed by atoms with van der Waals surface area (Å²) in [5, 5.41) is 7.68. The summed E-state index contributed by atoms with van der Waals surface area (Å²) in [6.45, 7) is 6.42. The summed E-state index contributed by atoms with van der Waals surface area (Å²) >= 11 is 0. The number of nitrogens with one attached hydrogen (secondary N) is 3. The first-order chi connectivity index (χ1) is 16.1. The molecule has 2 rings (SSSR count). The first kappa shape index (κ1) is 26.5. The number of alkyl carbamates (subject to hydrolysis) is 1. The molecule has 0 aromatic heterocycles. The minimum Gasteiger partial charge on any atom is -0.446 e. The van der Waals surface area contributed by atoms with Gasteiger partial charge in [-0.2, -0.15) is 4.99 Å². The fourth-order valence-corrected chi connectivity index (χ4v) is 3.95. The molecule has 0 fully saturated rings. The van der Waals surface area contributed by atoms with Gasteiger partial charge in [-0.05, 0) is 43.7 Å². The molecule has 10 nitrogen and oxygen atoms in total. The number of hydrogen-bond donors (Lipinski definition) is 3. The molecule has 0 heterocycles. The summed E-state index contributed by atoms with van der Waals surface area (Å²) in [5.74, 6) is -1.23. The van der Waals surface area contributed by atoms with Crippen molar-refractivity contribution < 1.29 is 27.5 Å². The van der Waals surface area contributed by atoms with E-state index in [1.807, 2.05) is 6.92 Å². The Kier molecular flexibility index (Phi) is 9.31. The zero-order valence-electron chi connectivity index (χ0n) is 19.4. The molecule has 2 aromatic carbocycles. The maximum absolute atomic E-state index is 13.1. The van der Waals surface area contributed by atoms with Crippen LogP contribution in [0, 0.1) is 0 Å². The van der Waals surface area contributed by atoms with Crippen LogP contribution in [0.1, 0.15) is 40.5 Å². The third-order valence-corrected chi connectivity index (χ3v) is 6.33. The Morgan fingerprint density at radius 2 is 1.65 bits per heavy atom. The number of benzene rings is 2. The van der Waals surface area contributed by atoms with Crippen molar-refractivity contribution in [3.63, 3.8) is 0 Å². The van der Waals surface area contributed by atoms with Gasteiger partial charge in [0.05, 0.1) is 21.2 Å². The number of amides is 3. The molecule has 1 atom stereocenters. The molecule has 0 spiro atoms. The van der Waals surface area contributed by atoms with Crippen LogP contribution < -0.4 is 16.0 Å². The summed E-state index contributed by atoms with van der Waals surface area (Å²) in [4.78, 5) is 39.7. The second-order valence-electron chi connectivity index (χ2n) is 7.29. The van der Waals surface area contributed by atoms with Crippen LogP contribution >= 0.6 is 0 Å². The molecular formula is C23H28N4O6S. The molecule has 0 radical (unpaired) electrons. The number of hydrogen-bond acceptors (Lipinski definition) is 6. The van der Waals surface area contributed by atoms with Gasteiger partial charge in [0.25, 0.3) is 0 Å².